The van der Waals surface area contributed by atoms with Crippen LogP contribution < -0.4 is 9.55 Å². The van der Waals surface area contributed by atoms with Gasteiger partial charge in [0.2, 0.25) is 0 Å². The largest absolute Gasteiger partial charge is 0.493 e. The molecule has 1 aliphatic rings. The lowest BCUT2D eigenvalue weighted by molar-refractivity contribution is 0.0697. The number of unbranched alkanes of at least 4 members (excludes halogenated alkanes) is 1. The van der Waals surface area contributed by atoms with Gasteiger partial charge in [-0.1, -0.05) is 13.3 Å². The summed E-state index contributed by atoms with van der Waals surface area (Å²) in [6.07, 6.45) is 2.01. The predicted octanol–water partition coefficient (Wildman–Crippen LogP) is 4.04. The molecule has 1 radical (unpaired) electrons. The Bertz CT molecular complexity index is 814. The van der Waals surface area contributed by atoms with Gasteiger partial charge in [-0.15, -0.1) is 11.6 Å². The molecular weight excluding hydrogens is 352 g/mol. The van der Waals surface area contributed by atoms with Crippen molar-refractivity contribution in [2.75, 3.05) is 31.0 Å². The summed E-state index contributed by atoms with van der Waals surface area (Å²) in [5, 5.41) is 11.2. The lowest BCUT2D eigenvalue weighted by atomic mass is 9.94. The van der Waals surface area contributed by atoms with Crippen LogP contribution in [0.3, 0.4) is 0 Å². The molecule has 0 bridgehead atoms. The molecule has 2 aromatic rings. The third-order valence-electron chi connectivity index (χ3n) is 4.68. The minimum Gasteiger partial charge on any atom is -0.493 e. The topological polar surface area (TPSA) is 59.0 Å². The van der Waals surface area contributed by atoms with Gasteiger partial charge < -0.3 is 19.3 Å². The summed E-state index contributed by atoms with van der Waals surface area (Å²) in [6.45, 7) is 3.43. The van der Waals surface area contributed by atoms with Crippen LogP contribution in [0.4, 0.5) is 5.69 Å². The van der Waals surface area contributed by atoms with Gasteiger partial charge in [-0.3, -0.25) is 0 Å². The van der Waals surface area contributed by atoms with E-state index in [0.717, 1.165) is 40.6 Å². The number of hydrogen-bond donors (Lipinski definition) is 1. The van der Waals surface area contributed by atoms with E-state index < -0.39 is 5.97 Å². The minimum atomic E-state index is -0.946. The second-order valence-electron chi connectivity index (χ2n) is 6.42. The Hall–Kier alpha value is -1.92. The van der Waals surface area contributed by atoms with E-state index in [4.69, 9.17) is 21.0 Å². The van der Waals surface area contributed by atoms with Crippen LogP contribution in [0.15, 0.2) is 24.3 Å². The molecule has 0 saturated heterocycles. The zero-order chi connectivity index (χ0) is 18.7. The third-order valence-corrected chi connectivity index (χ3v) is 5.05. The maximum atomic E-state index is 11.5. The van der Waals surface area contributed by atoms with Crippen LogP contribution in [0.1, 0.15) is 41.6 Å². The summed E-state index contributed by atoms with van der Waals surface area (Å²) >= 11 is 6.22. The van der Waals surface area contributed by atoms with Gasteiger partial charge in [0.1, 0.15) is 5.75 Å². The highest BCUT2D eigenvalue weighted by molar-refractivity contribution is 6.35. The fourth-order valence-corrected chi connectivity index (χ4v) is 3.68. The van der Waals surface area contributed by atoms with Crippen LogP contribution in [0.25, 0.3) is 10.8 Å². The van der Waals surface area contributed by atoms with E-state index >= 15 is 0 Å². The van der Waals surface area contributed by atoms with Gasteiger partial charge in [-0.2, -0.15) is 0 Å². The van der Waals surface area contributed by atoms with E-state index in [0.29, 0.717) is 19.0 Å². The highest BCUT2D eigenvalue weighted by Gasteiger charge is 2.32. The van der Waals surface area contributed by atoms with Crippen molar-refractivity contribution < 1.29 is 19.3 Å². The number of carboxylic acid groups (broad SMARTS) is 1. The Morgan fingerprint density at radius 1 is 1.38 bits per heavy atom. The Morgan fingerprint density at radius 3 is 2.85 bits per heavy atom. The monoisotopic (exact) mass is 374 g/mol. The van der Waals surface area contributed by atoms with Crippen molar-refractivity contribution in [1.82, 2.24) is 0 Å². The van der Waals surface area contributed by atoms with Crippen LogP contribution in [0.5, 0.6) is 5.75 Å². The number of benzene rings is 2. The lowest BCUT2D eigenvalue weighted by Gasteiger charge is -2.19. The molecule has 0 fully saturated rings. The summed E-state index contributed by atoms with van der Waals surface area (Å²) in [7, 11) is 3.27. The van der Waals surface area contributed by atoms with Crippen LogP contribution >= 0.6 is 11.6 Å². The first-order valence-electron chi connectivity index (χ1n) is 8.76. The van der Waals surface area contributed by atoms with E-state index in [1.54, 1.807) is 26.9 Å². The Labute approximate surface area is 159 Å². The number of aromatic carboxylic acids is 1. The summed E-state index contributed by atoms with van der Waals surface area (Å²) in [4.78, 5) is 13.5. The van der Waals surface area contributed by atoms with Crippen molar-refractivity contribution in [3.8, 4) is 5.75 Å². The quantitative estimate of drug-likeness (QED) is 0.429. The summed E-state index contributed by atoms with van der Waals surface area (Å²) in [6, 6.07) is 7.18. The molecular formula is C19H22BClNO4. The van der Waals surface area contributed by atoms with Crippen molar-refractivity contribution in [1.29, 1.82) is 0 Å². The fraction of sp³-hybridized carbons (Fsp3) is 0.421. The van der Waals surface area contributed by atoms with Crippen LogP contribution in [-0.4, -0.2) is 44.8 Å². The molecule has 1 heterocycles. The summed E-state index contributed by atoms with van der Waals surface area (Å²) in [5.41, 5.74) is 2.26. The molecule has 2 aromatic carbocycles. The number of alkyl halides is 1. The predicted molar refractivity (Wildman–Crippen MR) is 105 cm³/mol. The molecule has 0 aliphatic carbocycles. The molecule has 1 atom stereocenters. The van der Waals surface area contributed by atoms with Gasteiger partial charge >= 0.3 is 13.6 Å². The first kappa shape index (κ1) is 18.9. The lowest BCUT2D eigenvalue weighted by Crippen LogP contribution is -2.28. The Kier molecular flexibility index (Phi) is 5.94. The number of nitrogens with zero attached hydrogens (tertiary/aromatic N) is 1. The van der Waals surface area contributed by atoms with Crippen molar-refractivity contribution in [2.24, 2.45) is 0 Å². The van der Waals surface area contributed by atoms with E-state index in [9.17, 15) is 9.90 Å². The van der Waals surface area contributed by atoms with Crippen molar-refractivity contribution >= 4 is 41.6 Å². The van der Waals surface area contributed by atoms with Gasteiger partial charge in [0.15, 0.2) is 0 Å². The SMILES string of the molecule is CCCCOc1cc2c(c3cc(C(=O)O)ccc13)C(CCl)CN2[B]OC. The maximum absolute atomic E-state index is 11.5. The summed E-state index contributed by atoms with van der Waals surface area (Å²) < 4.78 is 11.2. The smallest absolute Gasteiger partial charge is 0.438 e. The number of carboxylic acids is 1. The standard InChI is InChI=1S/C19H22BClNO4/c1-3-4-7-26-17-9-16-18(13(10-21)11-22(16)20-25-2)15-8-12(19(23)24)5-6-14(15)17/h5-6,8-9,13H,3-4,7,10-11H2,1-2H3,(H,23,24). The normalized spacial score (nSPS) is 16.0. The highest BCUT2D eigenvalue weighted by atomic mass is 35.5. The molecule has 1 unspecified atom stereocenters. The number of rotatable bonds is 8. The molecule has 1 N–H and O–H groups in total. The van der Waals surface area contributed by atoms with Gasteiger partial charge in [-0.25, -0.2) is 4.79 Å². The van der Waals surface area contributed by atoms with Gasteiger partial charge in [0.25, 0.3) is 0 Å². The first-order valence-corrected chi connectivity index (χ1v) is 9.29. The second-order valence-corrected chi connectivity index (χ2v) is 6.73. The molecule has 7 heteroatoms. The van der Waals surface area contributed by atoms with Crippen LogP contribution in [-0.2, 0) is 4.65 Å². The number of ether oxygens (including phenoxy) is 1. The van der Waals surface area contributed by atoms with E-state index in [1.807, 2.05) is 16.9 Å². The van der Waals surface area contributed by atoms with Gasteiger partial charge in [0.05, 0.1) is 12.2 Å². The highest BCUT2D eigenvalue weighted by Crippen LogP contribution is 2.45. The zero-order valence-electron chi connectivity index (χ0n) is 15.0. The molecule has 0 aromatic heterocycles. The van der Waals surface area contributed by atoms with E-state index in [-0.39, 0.29) is 11.5 Å². The summed E-state index contributed by atoms with van der Waals surface area (Å²) in [5.74, 6) is 0.352. The van der Waals surface area contributed by atoms with Crippen LogP contribution in [0, 0.1) is 0 Å². The number of hydrogen-bond acceptors (Lipinski definition) is 4. The molecule has 1 aliphatic heterocycles. The molecule has 5 nitrogen and oxygen atoms in total. The fourth-order valence-electron chi connectivity index (χ4n) is 3.43. The van der Waals surface area contributed by atoms with E-state index in [1.165, 1.54) is 0 Å². The first-order chi connectivity index (χ1) is 12.6. The van der Waals surface area contributed by atoms with Crippen molar-refractivity contribution in [2.45, 2.75) is 25.7 Å². The molecule has 0 amide bonds. The average molecular weight is 375 g/mol. The zero-order valence-corrected chi connectivity index (χ0v) is 15.8. The Morgan fingerprint density at radius 2 is 2.19 bits per heavy atom. The minimum absolute atomic E-state index is 0.0919. The van der Waals surface area contributed by atoms with E-state index in [2.05, 4.69) is 6.92 Å². The second kappa shape index (κ2) is 8.19. The van der Waals surface area contributed by atoms with Crippen molar-refractivity contribution in [3.63, 3.8) is 0 Å². The van der Waals surface area contributed by atoms with Gasteiger partial charge in [0, 0.05) is 42.6 Å². The Balaban J connectivity index is 2.19. The van der Waals surface area contributed by atoms with Gasteiger partial charge in [-0.05, 0) is 35.6 Å². The number of fused-ring (bicyclic) bond motifs is 3. The maximum Gasteiger partial charge on any atom is 0.438 e. The molecule has 0 saturated carbocycles. The molecule has 26 heavy (non-hydrogen) atoms. The van der Waals surface area contributed by atoms with Crippen LogP contribution in [0.2, 0.25) is 0 Å². The average Bonchev–Trinajstić information content (AvgIpc) is 2.99. The van der Waals surface area contributed by atoms with Crippen molar-refractivity contribution in [3.05, 3.63) is 35.4 Å². The number of carbonyl (C=O) groups is 1. The molecule has 3 rings (SSSR count). The third kappa shape index (κ3) is 3.48. The number of halogens is 1. The molecule has 137 valence electrons. The number of anilines is 1. The molecule has 0 spiro atoms.